The summed E-state index contributed by atoms with van der Waals surface area (Å²) in [5.74, 6) is -0.793. The van der Waals surface area contributed by atoms with Crippen LogP contribution in [0.4, 0.5) is 0 Å². The number of carboxylic acids is 1. The monoisotopic (exact) mass is 373 g/mol. The minimum Gasteiger partial charge on any atom is -0.478 e. The average Bonchev–Trinajstić information content (AvgIpc) is 3.02. The largest absolute Gasteiger partial charge is 0.478 e. The highest BCUT2D eigenvalue weighted by molar-refractivity contribution is 5.87. The molecule has 0 spiro atoms. The van der Waals surface area contributed by atoms with Crippen molar-refractivity contribution in [3.05, 3.63) is 47.5 Å². The zero-order chi connectivity index (χ0) is 19.6. The van der Waals surface area contributed by atoms with Crippen LogP contribution < -0.4 is 0 Å². The molecule has 0 aromatic heterocycles. The number of nitrogens with zero attached hydrogens (tertiary/aromatic N) is 1. The summed E-state index contributed by atoms with van der Waals surface area (Å²) in [4.78, 5) is 25.0. The molecular weight excluding hydrogens is 342 g/mol. The van der Waals surface area contributed by atoms with Gasteiger partial charge in [-0.25, -0.2) is 4.79 Å². The van der Waals surface area contributed by atoms with Crippen molar-refractivity contribution in [3.8, 4) is 0 Å². The lowest BCUT2D eigenvalue weighted by atomic mass is 10.1. The second-order valence-corrected chi connectivity index (χ2v) is 7.25. The van der Waals surface area contributed by atoms with Crippen LogP contribution in [-0.4, -0.2) is 45.7 Å². The van der Waals surface area contributed by atoms with Gasteiger partial charge in [-0.15, -0.1) is 0 Å². The second kappa shape index (κ2) is 10.9. The van der Waals surface area contributed by atoms with Gasteiger partial charge in [-0.2, -0.15) is 0 Å². The van der Waals surface area contributed by atoms with E-state index in [0.717, 1.165) is 31.2 Å². The van der Waals surface area contributed by atoms with Gasteiger partial charge in [0.05, 0.1) is 17.7 Å². The third-order valence-electron chi connectivity index (χ3n) is 5.13. The highest BCUT2D eigenvalue weighted by Crippen LogP contribution is 2.21. The molecule has 27 heavy (non-hydrogen) atoms. The number of hydrogen-bond acceptors (Lipinski definition) is 3. The molecule has 1 saturated heterocycles. The molecule has 0 saturated carbocycles. The highest BCUT2D eigenvalue weighted by Gasteiger charge is 2.28. The van der Waals surface area contributed by atoms with Gasteiger partial charge in [-0.3, -0.25) is 4.79 Å². The van der Waals surface area contributed by atoms with E-state index in [1.54, 1.807) is 24.3 Å². The molecule has 0 aliphatic carbocycles. The lowest BCUT2D eigenvalue weighted by Gasteiger charge is -2.23. The predicted octanol–water partition coefficient (Wildman–Crippen LogP) is 3.81. The van der Waals surface area contributed by atoms with Crippen molar-refractivity contribution in [2.45, 2.75) is 70.4 Å². The number of aromatic carboxylic acids is 1. The molecule has 1 aromatic rings. The normalized spacial score (nSPS) is 18.4. The van der Waals surface area contributed by atoms with Crippen LogP contribution in [0.25, 0.3) is 0 Å². The van der Waals surface area contributed by atoms with Crippen LogP contribution in [0.3, 0.4) is 0 Å². The minimum atomic E-state index is -0.935. The Morgan fingerprint density at radius 3 is 2.67 bits per heavy atom. The molecular formula is C22H31NO4. The zero-order valence-electron chi connectivity index (χ0n) is 16.1. The van der Waals surface area contributed by atoms with Gasteiger partial charge in [0.1, 0.15) is 0 Å². The molecule has 0 radical (unpaired) electrons. The van der Waals surface area contributed by atoms with Crippen molar-refractivity contribution in [2.75, 3.05) is 6.54 Å². The SMILES string of the molecule is CCCCCC[C@H](O)C=C[C@H]1CCC(=O)N1CCc1ccc(C(=O)O)cc1. The summed E-state index contributed by atoms with van der Waals surface area (Å²) in [7, 11) is 0. The molecule has 1 aromatic carbocycles. The summed E-state index contributed by atoms with van der Waals surface area (Å²) in [6.07, 6.45) is 10.7. The van der Waals surface area contributed by atoms with Crippen molar-refractivity contribution in [1.29, 1.82) is 0 Å². The molecule has 1 fully saturated rings. The van der Waals surface area contributed by atoms with E-state index in [-0.39, 0.29) is 17.5 Å². The maximum Gasteiger partial charge on any atom is 0.335 e. The molecule has 1 heterocycles. The van der Waals surface area contributed by atoms with Crippen LogP contribution >= 0.6 is 0 Å². The summed E-state index contributed by atoms with van der Waals surface area (Å²) in [5, 5.41) is 19.1. The van der Waals surface area contributed by atoms with Crippen LogP contribution in [0.15, 0.2) is 36.4 Å². The molecule has 1 amide bonds. The van der Waals surface area contributed by atoms with Gasteiger partial charge in [0.15, 0.2) is 0 Å². The first kappa shape index (κ1) is 21.2. The Hall–Kier alpha value is -2.14. The number of amides is 1. The van der Waals surface area contributed by atoms with Crippen molar-refractivity contribution in [3.63, 3.8) is 0 Å². The van der Waals surface area contributed by atoms with Gasteiger partial charge in [0.2, 0.25) is 5.91 Å². The number of rotatable bonds is 11. The standard InChI is InChI=1S/C22H31NO4/c1-2-3-4-5-6-20(24)13-11-19-12-14-21(25)23(19)16-15-17-7-9-18(10-8-17)22(26)27/h7-11,13,19-20,24H,2-6,12,14-16H2,1H3,(H,26,27)/t19-,20-/m0/s1. The molecule has 5 heteroatoms. The molecule has 1 aliphatic heterocycles. The van der Waals surface area contributed by atoms with E-state index in [2.05, 4.69) is 6.92 Å². The molecule has 2 N–H and O–H groups in total. The van der Waals surface area contributed by atoms with Crippen LogP contribution in [0.2, 0.25) is 0 Å². The number of aliphatic hydroxyl groups is 1. The quantitative estimate of drug-likeness (QED) is 0.457. The zero-order valence-corrected chi connectivity index (χ0v) is 16.1. The van der Waals surface area contributed by atoms with Crippen LogP contribution in [0, 0.1) is 0 Å². The van der Waals surface area contributed by atoms with E-state index in [1.807, 2.05) is 17.1 Å². The first-order valence-electron chi connectivity index (χ1n) is 9.99. The number of carboxylic acid groups (broad SMARTS) is 1. The van der Waals surface area contributed by atoms with E-state index in [4.69, 9.17) is 5.11 Å². The van der Waals surface area contributed by atoms with Gasteiger partial charge >= 0.3 is 5.97 Å². The highest BCUT2D eigenvalue weighted by atomic mass is 16.4. The Balaban J connectivity index is 1.84. The van der Waals surface area contributed by atoms with Crippen molar-refractivity contribution >= 4 is 11.9 Å². The lowest BCUT2D eigenvalue weighted by molar-refractivity contribution is -0.128. The maximum absolute atomic E-state index is 12.2. The molecule has 2 rings (SSSR count). The van der Waals surface area contributed by atoms with Gasteiger partial charge in [-0.1, -0.05) is 56.9 Å². The number of carbonyl (C=O) groups is 2. The Morgan fingerprint density at radius 2 is 2.00 bits per heavy atom. The lowest BCUT2D eigenvalue weighted by Crippen LogP contribution is -2.33. The van der Waals surface area contributed by atoms with Gasteiger partial charge in [0.25, 0.3) is 0 Å². The molecule has 0 bridgehead atoms. The third kappa shape index (κ3) is 6.83. The fraction of sp³-hybridized carbons (Fsp3) is 0.545. The molecule has 2 atom stereocenters. The van der Waals surface area contributed by atoms with Crippen molar-refractivity contribution in [2.24, 2.45) is 0 Å². The number of carbonyl (C=O) groups excluding carboxylic acids is 1. The Labute approximate surface area is 161 Å². The molecule has 1 aliphatic rings. The van der Waals surface area contributed by atoms with Crippen LogP contribution in [0.5, 0.6) is 0 Å². The summed E-state index contributed by atoms with van der Waals surface area (Å²) >= 11 is 0. The average molecular weight is 373 g/mol. The van der Waals surface area contributed by atoms with E-state index in [0.29, 0.717) is 19.4 Å². The Bertz CT molecular complexity index is 638. The Kier molecular flexibility index (Phi) is 8.52. The van der Waals surface area contributed by atoms with Gasteiger partial charge in [0, 0.05) is 13.0 Å². The first-order chi connectivity index (χ1) is 13.0. The summed E-state index contributed by atoms with van der Waals surface area (Å²) in [6, 6.07) is 6.83. The smallest absolute Gasteiger partial charge is 0.335 e. The van der Waals surface area contributed by atoms with Gasteiger partial charge in [-0.05, 0) is 37.0 Å². The minimum absolute atomic E-state index is 0.0427. The number of benzene rings is 1. The van der Waals surface area contributed by atoms with Crippen LogP contribution in [0.1, 0.15) is 67.8 Å². The van der Waals surface area contributed by atoms with E-state index >= 15 is 0 Å². The van der Waals surface area contributed by atoms with Gasteiger partial charge < -0.3 is 15.1 Å². The molecule has 5 nitrogen and oxygen atoms in total. The van der Waals surface area contributed by atoms with Crippen LogP contribution in [-0.2, 0) is 11.2 Å². The van der Waals surface area contributed by atoms with E-state index < -0.39 is 12.1 Å². The topological polar surface area (TPSA) is 77.8 Å². The molecule has 0 unspecified atom stereocenters. The first-order valence-corrected chi connectivity index (χ1v) is 9.99. The number of unbranched alkanes of at least 4 members (excludes halogenated alkanes) is 3. The number of hydrogen-bond donors (Lipinski definition) is 2. The number of likely N-dealkylation sites (tertiary alicyclic amines) is 1. The summed E-state index contributed by atoms with van der Waals surface area (Å²) in [5.41, 5.74) is 1.28. The second-order valence-electron chi connectivity index (χ2n) is 7.25. The van der Waals surface area contributed by atoms with E-state index in [9.17, 15) is 14.7 Å². The summed E-state index contributed by atoms with van der Waals surface area (Å²) in [6.45, 7) is 2.77. The van der Waals surface area contributed by atoms with Crippen molar-refractivity contribution < 1.29 is 19.8 Å². The fourth-order valence-electron chi connectivity index (χ4n) is 3.44. The Morgan fingerprint density at radius 1 is 1.26 bits per heavy atom. The van der Waals surface area contributed by atoms with Crippen molar-refractivity contribution in [1.82, 2.24) is 4.90 Å². The number of aliphatic hydroxyl groups excluding tert-OH is 1. The maximum atomic E-state index is 12.2. The van der Waals surface area contributed by atoms with E-state index in [1.165, 1.54) is 12.8 Å². The summed E-state index contributed by atoms with van der Waals surface area (Å²) < 4.78 is 0. The third-order valence-corrected chi connectivity index (χ3v) is 5.13. The predicted molar refractivity (Wildman–Crippen MR) is 106 cm³/mol. The fourth-order valence-corrected chi connectivity index (χ4v) is 3.44. The molecule has 148 valence electrons.